The number of rotatable bonds is 2. The first-order valence-corrected chi connectivity index (χ1v) is 3.01. The van der Waals surface area contributed by atoms with Crippen molar-refractivity contribution in [3.05, 3.63) is 23.3 Å². The van der Waals surface area contributed by atoms with Gasteiger partial charge < -0.3 is 0 Å². The van der Waals surface area contributed by atoms with Crippen LogP contribution in [0.2, 0.25) is 0 Å². The lowest BCUT2D eigenvalue weighted by molar-refractivity contribution is 1.46. The molecule has 0 heterocycles. The van der Waals surface area contributed by atoms with Crippen LogP contribution < -0.4 is 0 Å². The third-order valence-electron chi connectivity index (χ3n) is 0.925. The van der Waals surface area contributed by atoms with Crippen LogP contribution in [0.4, 0.5) is 0 Å². The van der Waals surface area contributed by atoms with Crippen LogP contribution >= 0.6 is 11.6 Å². The third-order valence-corrected chi connectivity index (χ3v) is 1.32. The Morgan fingerprint density at radius 1 is 1.67 bits per heavy atom. The van der Waals surface area contributed by atoms with E-state index in [1.807, 2.05) is 6.92 Å². The average molecular weight is 144 g/mol. The van der Waals surface area contributed by atoms with Crippen molar-refractivity contribution < 1.29 is 0 Å². The highest BCUT2D eigenvalue weighted by molar-refractivity contribution is 6.39. The molecule has 2 heteroatoms. The average Bonchev–Trinajstić information content (AvgIpc) is 1.87. The summed E-state index contributed by atoms with van der Waals surface area (Å²) in [6.45, 7) is 5.45. The number of hydrogen-bond donors (Lipinski definition) is 0. The zero-order chi connectivity index (χ0) is 7.28. The molecule has 0 aliphatic rings. The molecule has 0 aromatic rings. The first kappa shape index (κ1) is 8.44. The Kier molecular flexibility index (Phi) is 4.06. The van der Waals surface area contributed by atoms with Crippen LogP contribution in [-0.2, 0) is 0 Å². The summed E-state index contributed by atoms with van der Waals surface area (Å²) in [5, 5.41) is 0.646. The molecule has 0 atom stereocenters. The Morgan fingerprint density at radius 2 is 2.22 bits per heavy atom. The molecule has 0 aromatic carbocycles. The quantitative estimate of drug-likeness (QED) is 0.416. The van der Waals surface area contributed by atoms with Crippen molar-refractivity contribution in [3.8, 4) is 0 Å². The van der Waals surface area contributed by atoms with Crippen LogP contribution in [0.25, 0.3) is 0 Å². The number of hydrogen-bond acceptors (Lipinski definition) is 1. The van der Waals surface area contributed by atoms with Gasteiger partial charge in [0.25, 0.3) is 0 Å². The van der Waals surface area contributed by atoms with Crippen molar-refractivity contribution in [3.63, 3.8) is 0 Å². The summed E-state index contributed by atoms with van der Waals surface area (Å²) in [5.74, 6) is 0. The van der Waals surface area contributed by atoms with Crippen LogP contribution in [0.1, 0.15) is 6.92 Å². The molecule has 0 rings (SSSR count). The Morgan fingerprint density at radius 3 is 2.56 bits per heavy atom. The molecule has 0 amide bonds. The second kappa shape index (κ2) is 4.33. The number of aliphatic imine (C=N–C) groups is 1. The van der Waals surface area contributed by atoms with E-state index in [9.17, 15) is 0 Å². The molecule has 0 saturated heterocycles. The second-order valence-corrected chi connectivity index (χ2v) is 2.03. The SMILES string of the molecule is C=C/C(C)=C(Cl)\C=N/C. The molecular formula is C7H10ClN. The van der Waals surface area contributed by atoms with E-state index >= 15 is 0 Å². The highest BCUT2D eigenvalue weighted by atomic mass is 35.5. The van der Waals surface area contributed by atoms with Gasteiger partial charge in [0.2, 0.25) is 0 Å². The molecule has 0 spiro atoms. The molecule has 0 unspecified atom stereocenters. The predicted octanol–water partition coefficient (Wildman–Crippen LogP) is 2.39. The van der Waals surface area contributed by atoms with E-state index in [4.69, 9.17) is 11.6 Å². The van der Waals surface area contributed by atoms with Crippen molar-refractivity contribution in [2.75, 3.05) is 7.05 Å². The van der Waals surface area contributed by atoms with Crippen molar-refractivity contribution >= 4 is 17.8 Å². The van der Waals surface area contributed by atoms with Gasteiger partial charge in [-0.1, -0.05) is 24.3 Å². The monoisotopic (exact) mass is 143 g/mol. The minimum absolute atomic E-state index is 0.646. The topological polar surface area (TPSA) is 12.4 Å². The highest BCUT2D eigenvalue weighted by Crippen LogP contribution is 2.06. The van der Waals surface area contributed by atoms with Gasteiger partial charge in [0.15, 0.2) is 0 Å². The lowest BCUT2D eigenvalue weighted by Gasteiger charge is -1.90. The Hall–Kier alpha value is -0.560. The molecule has 50 valence electrons. The van der Waals surface area contributed by atoms with Crippen LogP contribution in [-0.4, -0.2) is 13.3 Å². The molecule has 0 fully saturated rings. The molecule has 1 nitrogen and oxygen atoms in total. The normalized spacial score (nSPS) is 13.7. The Labute approximate surface area is 60.7 Å². The highest BCUT2D eigenvalue weighted by Gasteiger charge is 1.87. The van der Waals surface area contributed by atoms with Gasteiger partial charge in [0.1, 0.15) is 0 Å². The van der Waals surface area contributed by atoms with Gasteiger partial charge in [-0.3, -0.25) is 4.99 Å². The van der Waals surface area contributed by atoms with Gasteiger partial charge in [-0.15, -0.1) is 0 Å². The fraction of sp³-hybridized carbons (Fsp3) is 0.286. The van der Waals surface area contributed by atoms with Crippen molar-refractivity contribution in [2.45, 2.75) is 6.92 Å². The van der Waals surface area contributed by atoms with Crippen LogP contribution in [0, 0.1) is 0 Å². The number of halogens is 1. The van der Waals surface area contributed by atoms with Gasteiger partial charge in [0.05, 0.1) is 5.03 Å². The predicted molar refractivity (Wildman–Crippen MR) is 43.2 cm³/mol. The zero-order valence-corrected chi connectivity index (χ0v) is 6.44. The fourth-order valence-corrected chi connectivity index (χ4v) is 0.487. The van der Waals surface area contributed by atoms with E-state index in [0.29, 0.717) is 5.03 Å². The molecule has 0 aliphatic carbocycles. The first-order valence-electron chi connectivity index (χ1n) is 2.63. The van der Waals surface area contributed by atoms with Gasteiger partial charge in [-0.25, -0.2) is 0 Å². The molecule has 0 aromatic heterocycles. The first-order chi connectivity index (χ1) is 4.22. The fourth-order valence-electron chi connectivity index (χ4n) is 0.313. The summed E-state index contributed by atoms with van der Waals surface area (Å²) in [5.41, 5.74) is 0.947. The molecule has 9 heavy (non-hydrogen) atoms. The lowest BCUT2D eigenvalue weighted by atomic mass is 10.3. The maximum absolute atomic E-state index is 5.69. The maximum atomic E-state index is 5.69. The van der Waals surface area contributed by atoms with Gasteiger partial charge in [-0.05, 0) is 12.5 Å². The minimum atomic E-state index is 0.646. The Bertz CT molecular complexity index is 156. The molecule has 0 radical (unpaired) electrons. The Balaban J connectivity index is 4.27. The van der Waals surface area contributed by atoms with E-state index in [-0.39, 0.29) is 0 Å². The largest absolute Gasteiger partial charge is 0.295 e. The number of nitrogens with zero attached hydrogens (tertiary/aromatic N) is 1. The standard InChI is InChI=1S/C7H10ClN/c1-4-6(2)7(8)5-9-3/h4-5H,1H2,2-3H3/b7-6+,9-5-. The van der Waals surface area contributed by atoms with Crippen LogP contribution in [0.15, 0.2) is 28.3 Å². The van der Waals surface area contributed by atoms with E-state index < -0.39 is 0 Å². The van der Waals surface area contributed by atoms with Crippen LogP contribution in [0.5, 0.6) is 0 Å². The van der Waals surface area contributed by atoms with Crippen molar-refractivity contribution in [1.82, 2.24) is 0 Å². The van der Waals surface area contributed by atoms with Crippen molar-refractivity contribution in [1.29, 1.82) is 0 Å². The third kappa shape index (κ3) is 3.09. The molecule has 0 aliphatic heterocycles. The summed E-state index contributed by atoms with van der Waals surface area (Å²) in [6, 6.07) is 0. The molecular weight excluding hydrogens is 134 g/mol. The number of allylic oxidation sites excluding steroid dienone is 3. The zero-order valence-electron chi connectivity index (χ0n) is 5.69. The van der Waals surface area contributed by atoms with Crippen molar-refractivity contribution in [2.24, 2.45) is 4.99 Å². The summed E-state index contributed by atoms with van der Waals surface area (Å²) < 4.78 is 0. The summed E-state index contributed by atoms with van der Waals surface area (Å²) in [6.07, 6.45) is 3.29. The maximum Gasteiger partial charge on any atom is 0.0613 e. The van der Waals surface area contributed by atoms with E-state index in [1.165, 1.54) is 0 Å². The molecule has 0 bridgehead atoms. The molecule has 0 saturated carbocycles. The molecule has 0 N–H and O–H groups in total. The smallest absolute Gasteiger partial charge is 0.0613 e. The summed E-state index contributed by atoms with van der Waals surface area (Å²) in [4.78, 5) is 3.74. The lowest BCUT2D eigenvalue weighted by Crippen LogP contribution is -1.77. The van der Waals surface area contributed by atoms with Gasteiger partial charge >= 0.3 is 0 Å². The van der Waals surface area contributed by atoms with E-state index in [0.717, 1.165) is 5.57 Å². The van der Waals surface area contributed by atoms with Gasteiger partial charge in [-0.2, -0.15) is 0 Å². The van der Waals surface area contributed by atoms with E-state index in [2.05, 4.69) is 11.6 Å². The van der Waals surface area contributed by atoms with Gasteiger partial charge in [0, 0.05) is 13.3 Å². The van der Waals surface area contributed by atoms with Crippen LogP contribution in [0.3, 0.4) is 0 Å². The minimum Gasteiger partial charge on any atom is -0.295 e. The summed E-state index contributed by atoms with van der Waals surface area (Å²) >= 11 is 5.69. The van der Waals surface area contributed by atoms with E-state index in [1.54, 1.807) is 19.3 Å². The second-order valence-electron chi connectivity index (χ2n) is 1.62. The summed E-state index contributed by atoms with van der Waals surface area (Å²) in [7, 11) is 1.68.